The summed E-state index contributed by atoms with van der Waals surface area (Å²) < 4.78 is 5.48. The number of imidazole rings is 1. The number of ether oxygens (including phenoxy) is 1. The van der Waals surface area contributed by atoms with Crippen molar-refractivity contribution >= 4 is 16.7 Å². The SMILES string of the molecule is CCOc1ccc2nc(-c3ccc(N)cc3)[nH]c2c1. The average Bonchev–Trinajstić information content (AvgIpc) is 2.83. The van der Waals surface area contributed by atoms with E-state index < -0.39 is 0 Å². The molecule has 3 aromatic rings. The van der Waals surface area contributed by atoms with Gasteiger partial charge in [0, 0.05) is 17.3 Å². The summed E-state index contributed by atoms with van der Waals surface area (Å²) >= 11 is 0. The Hall–Kier alpha value is -2.49. The smallest absolute Gasteiger partial charge is 0.138 e. The van der Waals surface area contributed by atoms with Crippen molar-refractivity contribution in [1.82, 2.24) is 9.97 Å². The fraction of sp³-hybridized carbons (Fsp3) is 0.133. The number of hydrogen-bond acceptors (Lipinski definition) is 3. The number of nitrogens with one attached hydrogen (secondary N) is 1. The monoisotopic (exact) mass is 253 g/mol. The van der Waals surface area contributed by atoms with Gasteiger partial charge in [0.05, 0.1) is 17.6 Å². The highest BCUT2D eigenvalue weighted by molar-refractivity contribution is 5.80. The van der Waals surface area contributed by atoms with E-state index in [1.807, 2.05) is 49.4 Å². The van der Waals surface area contributed by atoms with E-state index in [4.69, 9.17) is 10.5 Å². The van der Waals surface area contributed by atoms with Crippen LogP contribution in [-0.4, -0.2) is 16.6 Å². The van der Waals surface area contributed by atoms with Gasteiger partial charge in [0.1, 0.15) is 11.6 Å². The first kappa shape index (κ1) is 11.6. The van der Waals surface area contributed by atoms with Gasteiger partial charge in [-0.3, -0.25) is 0 Å². The molecule has 0 radical (unpaired) electrons. The van der Waals surface area contributed by atoms with Crippen molar-refractivity contribution < 1.29 is 4.74 Å². The molecule has 4 nitrogen and oxygen atoms in total. The van der Waals surface area contributed by atoms with Crippen LogP contribution in [0, 0.1) is 0 Å². The molecule has 0 aliphatic heterocycles. The molecule has 0 fully saturated rings. The van der Waals surface area contributed by atoms with Gasteiger partial charge in [-0.25, -0.2) is 4.98 Å². The van der Waals surface area contributed by atoms with E-state index in [2.05, 4.69) is 9.97 Å². The Bertz CT molecular complexity index is 701. The number of aromatic nitrogens is 2. The highest BCUT2D eigenvalue weighted by atomic mass is 16.5. The molecule has 0 atom stereocenters. The minimum absolute atomic E-state index is 0.657. The molecule has 1 aromatic heterocycles. The lowest BCUT2D eigenvalue weighted by Crippen LogP contribution is -1.90. The number of anilines is 1. The maximum Gasteiger partial charge on any atom is 0.138 e. The molecule has 96 valence electrons. The van der Waals surface area contributed by atoms with Gasteiger partial charge in [-0.15, -0.1) is 0 Å². The minimum Gasteiger partial charge on any atom is -0.494 e. The van der Waals surface area contributed by atoms with Crippen molar-refractivity contribution in [3.05, 3.63) is 42.5 Å². The normalized spacial score (nSPS) is 10.8. The summed E-state index contributed by atoms with van der Waals surface area (Å²) in [6, 6.07) is 13.5. The number of aromatic amines is 1. The Labute approximate surface area is 111 Å². The predicted octanol–water partition coefficient (Wildman–Crippen LogP) is 3.21. The van der Waals surface area contributed by atoms with E-state index in [1.54, 1.807) is 0 Å². The Morgan fingerprint density at radius 3 is 2.68 bits per heavy atom. The quantitative estimate of drug-likeness (QED) is 0.704. The summed E-state index contributed by atoms with van der Waals surface area (Å²) in [6.07, 6.45) is 0. The van der Waals surface area contributed by atoms with Crippen molar-refractivity contribution in [2.24, 2.45) is 0 Å². The number of H-pyrrole nitrogens is 1. The molecule has 0 aliphatic rings. The van der Waals surface area contributed by atoms with E-state index in [1.165, 1.54) is 0 Å². The number of hydrogen-bond donors (Lipinski definition) is 2. The molecule has 19 heavy (non-hydrogen) atoms. The molecule has 0 amide bonds. The molecule has 0 saturated heterocycles. The molecule has 1 heterocycles. The van der Waals surface area contributed by atoms with Gasteiger partial charge in [-0.1, -0.05) is 0 Å². The highest BCUT2D eigenvalue weighted by Gasteiger charge is 2.06. The second-order valence-corrected chi connectivity index (χ2v) is 4.32. The highest BCUT2D eigenvalue weighted by Crippen LogP contribution is 2.24. The number of nitrogens with zero attached hydrogens (tertiary/aromatic N) is 1. The lowest BCUT2D eigenvalue weighted by atomic mass is 10.2. The summed E-state index contributed by atoms with van der Waals surface area (Å²) in [4.78, 5) is 7.86. The first-order valence-electron chi connectivity index (χ1n) is 6.25. The van der Waals surface area contributed by atoms with Crippen LogP contribution in [0.15, 0.2) is 42.5 Å². The molecule has 0 spiro atoms. The van der Waals surface area contributed by atoms with E-state index >= 15 is 0 Å². The van der Waals surface area contributed by atoms with Crippen molar-refractivity contribution in [3.8, 4) is 17.1 Å². The zero-order valence-corrected chi connectivity index (χ0v) is 10.7. The van der Waals surface area contributed by atoms with E-state index in [0.717, 1.165) is 33.9 Å². The third-order valence-electron chi connectivity index (χ3n) is 2.95. The number of nitrogens with two attached hydrogens (primary N) is 1. The maximum atomic E-state index is 5.69. The third-order valence-corrected chi connectivity index (χ3v) is 2.95. The molecule has 3 rings (SSSR count). The second-order valence-electron chi connectivity index (χ2n) is 4.32. The first-order valence-corrected chi connectivity index (χ1v) is 6.25. The summed E-state index contributed by atoms with van der Waals surface area (Å²) in [5.41, 5.74) is 9.35. The Kier molecular flexibility index (Phi) is 2.83. The average molecular weight is 253 g/mol. The molecular weight excluding hydrogens is 238 g/mol. The van der Waals surface area contributed by atoms with Crippen molar-refractivity contribution in [2.75, 3.05) is 12.3 Å². The molecule has 0 saturated carbocycles. The van der Waals surface area contributed by atoms with Gasteiger partial charge >= 0.3 is 0 Å². The van der Waals surface area contributed by atoms with E-state index in [-0.39, 0.29) is 0 Å². The number of rotatable bonds is 3. The van der Waals surface area contributed by atoms with Crippen LogP contribution in [0.1, 0.15) is 6.92 Å². The Morgan fingerprint density at radius 2 is 1.95 bits per heavy atom. The minimum atomic E-state index is 0.657. The predicted molar refractivity (Wildman–Crippen MR) is 77.1 cm³/mol. The number of nitrogen functional groups attached to an aromatic ring is 1. The number of fused-ring (bicyclic) bond motifs is 1. The van der Waals surface area contributed by atoms with Gasteiger partial charge < -0.3 is 15.5 Å². The fourth-order valence-corrected chi connectivity index (χ4v) is 2.02. The zero-order valence-electron chi connectivity index (χ0n) is 10.7. The van der Waals surface area contributed by atoms with Gasteiger partial charge in [0.15, 0.2) is 0 Å². The fourth-order valence-electron chi connectivity index (χ4n) is 2.02. The lowest BCUT2D eigenvalue weighted by molar-refractivity contribution is 0.340. The first-order chi connectivity index (χ1) is 9.26. The van der Waals surface area contributed by atoms with Gasteiger partial charge in [-0.05, 0) is 43.3 Å². The van der Waals surface area contributed by atoms with Crippen molar-refractivity contribution in [3.63, 3.8) is 0 Å². The van der Waals surface area contributed by atoms with Crippen LogP contribution in [0.25, 0.3) is 22.4 Å². The Morgan fingerprint density at radius 1 is 1.16 bits per heavy atom. The van der Waals surface area contributed by atoms with Gasteiger partial charge in [-0.2, -0.15) is 0 Å². The lowest BCUT2D eigenvalue weighted by Gasteiger charge is -2.00. The molecular formula is C15H15N3O. The standard InChI is InChI=1S/C15H15N3O/c1-2-19-12-7-8-13-14(9-12)18-15(17-13)10-3-5-11(16)6-4-10/h3-9H,2,16H2,1H3,(H,17,18). The zero-order chi connectivity index (χ0) is 13.2. The van der Waals surface area contributed by atoms with Crippen LogP contribution in [0.4, 0.5) is 5.69 Å². The Balaban J connectivity index is 2.03. The molecule has 0 aliphatic carbocycles. The summed E-state index contributed by atoms with van der Waals surface area (Å²) in [7, 11) is 0. The van der Waals surface area contributed by atoms with Gasteiger partial charge in [0.25, 0.3) is 0 Å². The van der Waals surface area contributed by atoms with Crippen LogP contribution in [-0.2, 0) is 0 Å². The molecule has 4 heteroatoms. The second kappa shape index (κ2) is 4.65. The molecule has 0 unspecified atom stereocenters. The molecule has 0 bridgehead atoms. The largest absolute Gasteiger partial charge is 0.494 e. The topological polar surface area (TPSA) is 63.9 Å². The van der Waals surface area contributed by atoms with Crippen LogP contribution in [0.2, 0.25) is 0 Å². The van der Waals surface area contributed by atoms with Crippen LogP contribution < -0.4 is 10.5 Å². The van der Waals surface area contributed by atoms with E-state index in [0.29, 0.717) is 6.61 Å². The van der Waals surface area contributed by atoms with Crippen LogP contribution >= 0.6 is 0 Å². The van der Waals surface area contributed by atoms with Crippen molar-refractivity contribution in [1.29, 1.82) is 0 Å². The van der Waals surface area contributed by atoms with Gasteiger partial charge in [0.2, 0.25) is 0 Å². The summed E-state index contributed by atoms with van der Waals surface area (Å²) in [5.74, 6) is 1.69. The van der Waals surface area contributed by atoms with Crippen LogP contribution in [0.3, 0.4) is 0 Å². The van der Waals surface area contributed by atoms with E-state index in [9.17, 15) is 0 Å². The molecule has 2 aromatic carbocycles. The van der Waals surface area contributed by atoms with Crippen molar-refractivity contribution in [2.45, 2.75) is 6.92 Å². The molecule has 3 N–H and O–H groups in total. The summed E-state index contributed by atoms with van der Waals surface area (Å²) in [6.45, 7) is 2.63. The summed E-state index contributed by atoms with van der Waals surface area (Å²) in [5, 5.41) is 0. The maximum absolute atomic E-state index is 5.69. The third kappa shape index (κ3) is 2.25. The van der Waals surface area contributed by atoms with Crippen LogP contribution in [0.5, 0.6) is 5.75 Å². The number of benzene rings is 2.